The largest absolute Gasteiger partial charge is 0.472 e. The zero-order chi connectivity index (χ0) is 13.6. The minimum absolute atomic E-state index is 0.139. The van der Waals surface area contributed by atoms with E-state index in [-0.39, 0.29) is 12.0 Å². The van der Waals surface area contributed by atoms with Crippen molar-refractivity contribution in [2.75, 3.05) is 13.1 Å². The molecule has 0 spiro atoms. The van der Waals surface area contributed by atoms with E-state index in [1.807, 2.05) is 0 Å². The van der Waals surface area contributed by atoms with E-state index in [0.717, 1.165) is 19.5 Å². The highest BCUT2D eigenvalue weighted by molar-refractivity contribution is 5.23. The third kappa shape index (κ3) is 2.27. The highest BCUT2D eigenvalue weighted by Gasteiger charge is 2.46. The lowest BCUT2D eigenvalue weighted by Gasteiger charge is -2.48. The summed E-state index contributed by atoms with van der Waals surface area (Å²) in [4.78, 5) is 3.46. The van der Waals surface area contributed by atoms with Gasteiger partial charge in [0.15, 0.2) is 5.82 Å². The van der Waals surface area contributed by atoms with Crippen LogP contribution in [0.4, 0.5) is 17.6 Å². The standard InChI is InChI=1S/C12H12F4N2O/c13-9-2-8(12(14,15)16)5-18-11(9)19-10-6-1-7(10)4-17-3-6/h2,5-7,10,17H,1,3-4H2/t6-,7+,10?. The highest BCUT2D eigenvalue weighted by Crippen LogP contribution is 2.40. The minimum atomic E-state index is -4.59. The molecule has 0 aromatic carbocycles. The summed E-state index contributed by atoms with van der Waals surface area (Å²) < 4.78 is 56.1. The summed E-state index contributed by atoms with van der Waals surface area (Å²) >= 11 is 0. The van der Waals surface area contributed by atoms with Crippen LogP contribution in [0.5, 0.6) is 5.88 Å². The molecule has 1 aromatic rings. The van der Waals surface area contributed by atoms with Gasteiger partial charge < -0.3 is 10.1 Å². The Morgan fingerprint density at radius 1 is 1.26 bits per heavy atom. The molecule has 2 bridgehead atoms. The van der Waals surface area contributed by atoms with Gasteiger partial charge >= 0.3 is 6.18 Å². The molecular weight excluding hydrogens is 264 g/mol. The Bertz CT molecular complexity index is 477. The lowest BCUT2D eigenvalue weighted by molar-refractivity contribution is -0.138. The zero-order valence-electron chi connectivity index (χ0n) is 9.88. The van der Waals surface area contributed by atoms with Gasteiger partial charge in [0.05, 0.1) is 5.56 Å². The summed E-state index contributed by atoms with van der Waals surface area (Å²) in [5, 5.41) is 3.20. The molecule has 1 N–H and O–H groups in total. The molecule has 3 atom stereocenters. The average Bonchev–Trinajstić information content (AvgIpc) is 2.36. The third-order valence-corrected chi connectivity index (χ3v) is 3.73. The Morgan fingerprint density at radius 2 is 1.95 bits per heavy atom. The number of nitrogens with one attached hydrogen (secondary N) is 1. The molecule has 3 rings (SSSR count). The quantitative estimate of drug-likeness (QED) is 0.841. The molecule has 0 radical (unpaired) electrons. The topological polar surface area (TPSA) is 34.1 Å². The van der Waals surface area contributed by atoms with Crippen molar-refractivity contribution in [3.63, 3.8) is 0 Å². The fourth-order valence-corrected chi connectivity index (χ4v) is 2.69. The molecule has 2 heterocycles. The van der Waals surface area contributed by atoms with Crippen molar-refractivity contribution in [2.24, 2.45) is 11.8 Å². The molecule has 104 valence electrons. The maximum Gasteiger partial charge on any atom is 0.417 e. The number of piperidine rings is 2. The van der Waals surface area contributed by atoms with E-state index in [1.54, 1.807) is 0 Å². The maximum atomic E-state index is 13.6. The number of nitrogens with zero attached hydrogens (tertiary/aromatic N) is 1. The first-order valence-corrected chi connectivity index (χ1v) is 6.05. The van der Waals surface area contributed by atoms with Crippen LogP contribution >= 0.6 is 0 Å². The summed E-state index contributed by atoms with van der Waals surface area (Å²) in [6, 6.07) is 0.426. The van der Waals surface area contributed by atoms with Crippen molar-refractivity contribution < 1.29 is 22.3 Å². The summed E-state index contributed by atoms with van der Waals surface area (Å²) in [5.41, 5.74) is -1.10. The van der Waals surface area contributed by atoms with E-state index in [1.165, 1.54) is 0 Å². The molecule has 19 heavy (non-hydrogen) atoms. The lowest BCUT2D eigenvalue weighted by atomic mass is 9.69. The number of hydrogen-bond donors (Lipinski definition) is 1. The number of rotatable bonds is 2. The highest BCUT2D eigenvalue weighted by atomic mass is 19.4. The fourth-order valence-electron chi connectivity index (χ4n) is 2.69. The number of fused-ring (bicyclic) bond motifs is 2. The van der Waals surface area contributed by atoms with Crippen LogP contribution in [0.3, 0.4) is 0 Å². The first kappa shape index (κ1) is 12.7. The first-order chi connectivity index (χ1) is 8.95. The summed E-state index contributed by atoms with van der Waals surface area (Å²) in [6.45, 7) is 1.59. The molecule has 1 saturated carbocycles. The monoisotopic (exact) mass is 276 g/mol. The second kappa shape index (κ2) is 4.33. The van der Waals surface area contributed by atoms with Crippen molar-refractivity contribution >= 4 is 0 Å². The number of halogens is 4. The van der Waals surface area contributed by atoms with Gasteiger partial charge in [-0.05, 0) is 12.5 Å². The summed E-state index contributed by atoms with van der Waals surface area (Å²) in [5.74, 6) is -0.813. The summed E-state index contributed by atoms with van der Waals surface area (Å²) in [6.07, 6.45) is -3.12. The van der Waals surface area contributed by atoms with Gasteiger partial charge in [-0.1, -0.05) is 0 Å². The van der Waals surface area contributed by atoms with Crippen LogP contribution in [0.2, 0.25) is 0 Å². The molecule has 7 heteroatoms. The minimum Gasteiger partial charge on any atom is -0.472 e. The number of alkyl halides is 3. The molecule has 1 aliphatic carbocycles. The molecule has 2 fully saturated rings. The maximum absolute atomic E-state index is 13.6. The lowest BCUT2D eigenvalue weighted by Crippen LogP contribution is -2.59. The van der Waals surface area contributed by atoms with Crippen LogP contribution in [-0.4, -0.2) is 24.2 Å². The van der Waals surface area contributed by atoms with E-state index < -0.39 is 17.6 Å². The van der Waals surface area contributed by atoms with Crippen LogP contribution in [0.25, 0.3) is 0 Å². The second-order valence-corrected chi connectivity index (χ2v) is 5.01. The van der Waals surface area contributed by atoms with Crippen LogP contribution < -0.4 is 10.1 Å². The Balaban J connectivity index is 1.75. The van der Waals surface area contributed by atoms with Gasteiger partial charge in [0.1, 0.15) is 6.10 Å². The Labute approximate surface area is 107 Å². The van der Waals surface area contributed by atoms with Gasteiger partial charge in [-0.25, -0.2) is 9.37 Å². The summed E-state index contributed by atoms with van der Waals surface area (Å²) in [7, 11) is 0. The molecule has 1 aromatic heterocycles. The molecule has 0 amide bonds. The molecule has 2 aliphatic rings. The SMILES string of the molecule is Fc1cc(C(F)(F)F)cnc1OC1[C@@H]2CNC[C@H]1C2. The van der Waals surface area contributed by atoms with Crippen LogP contribution in [0, 0.1) is 17.7 Å². The molecule has 3 nitrogen and oxygen atoms in total. The average molecular weight is 276 g/mol. The van der Waals surface area contributed by atoms with Crippen LogP contribution in [0.1, 0.15) is 12.0 Å². The predicted octanol–water partition coefficient (Wildman–Crippen LogP) is 2.23. The van der Waals surface area contributed by atoms with Crippen molar-refractivity contribution in [1.29, 1.82) is 0 Å². The van der Waals surface area contributed by atoms with Crippen molar-refractivity contribution in [1.82, 2.24) is 10.3 Å². The number of ether oxygens (including phenoxy) is 1. The number of aromatic nitrogens is 1. The van der Waals surface area contributed by atoms with Crippen molar-refractivity contribution in [3.05, 3.63) is 23.6 Å². The molecule has 1 aliphatic heterocycles. The van der Waals surface area contributed by atoms with Crippen LogP contribution in [-0.2, 0) is 6.18 Å². The Kier molecular flexibility index (Phi) is 2.88. The van der Waals surface area contributed by atoms with Crippen molar-refractivity contribution in [2.45, 2.75) is 18.7 Å². The van der Waals surface area contributed by atoms with Crippen LogP contribution in [0.15, 0.2) is 12.3 Å². The Morgan fingerprint density at radius 3 is 2.47 bits per heavy atom. The van der Waals surface area contributed by atoms with Gasteiger partial charge in [-0.2, -0.15) is 13.2 Å². The number of hydrogen-bond acceptors (Lipinski definition) is 3. The molecule has 1 unspecified atom stereocenters. The van der Waals surface area contributed by atoms with Gasteiger partial charge in [0.2, 0.25) is 0 Å². The molecular formula is C12H12F4N2O. The van der Waals surface area contributed by atoms with Crippen molar-refractivity contribution in [3.8, 4) is 5.88 Å². The van der Waals surface area contributed by atoms with Gasteiger partial charge in [0, 0.05) is 31.1 Å². The van der Waals surface area contributed by atoms with Gasteiger partial charge in [-0.3, -0.25) is 0 Å². The smallest absolute Gasteiger partial charge is 0.417 e. The van der Waals surface area contributed by atoms with Gasteiger partial charge in [-0.15, -0.1) is 0 Å². The third-order valence-electron chi connectivity index (χ3n) is 3.73. The molecule has 1 saturated heterocycles. The van der Waals surface area contributed by atoms with E-state index in [9.17, 15) is 17.6 Å². The number of pyridine rings is 1. The normalized spacial score (nSPS) is 29.8. The predicted molar refractivity (Wildman–Crippen MR) is 58.1 cm³/mol. The van der Waals surface area contributed by atoms with Gasteiger partial charge in [0.25, 0.3) is 5.88 Å². The zero-order valence-corrected chi connectivity index (χ0v) is 9.88. The van der Waals surface area contributed by atoms with E-state index >= 15 is 0 Å². The first-order valence-electron chi connectivity index (χ1n) is 6.05. The van der Waals surface area contributed by atoms with E-state index in [4.69, 9.17) is 4.74 Å². The van der Waals surface area contributed by atoms with E-state index in [0.29, 0.717) is 24.1 Å². The second-order valence-electron chi connectivity index (χ2n) is 5.01. The fraction of sp³-hybridized carbons (Fsp3) is 0.583. The Hall–Kier alpha value is -1.37. The van der Waals surface area contributed by atoms with E-state index in [2.05, 4.69) is 10.3 Å².